The molecule has 3 N–H and O–H groups in total. The summed E-state index contributed by atoms with van der Waals surface area (Å²) in [5, 5.41) is 23.3. The molecular weight excluding hydrogens is 951 g/mol. The van der Waals surface area contributed by atoms with E-state index in [2.05, 4.69) is 19.2 Å². The standard InChI is InChI=1S/C74H147NO3/c1-3-5-7-9-11-13-15-17-19-21-23-25-27-29-31-33-35-36-37-38-39-40-42-44-46-48-50-52-54-56-58-60-62-64-66-68-70-74(78)75-72(71-76)73(77)69-67-65-63-61-59-57-55-53-51-49-47-45-43-41-34-32-30-28-26-24-22-20-18-16-14-12-10-8-6-4-2/h67,69,72-73,76-77H,3-66,68,70-71H2,1-2H3,(H,75,78)/b69-67+. The molecule has 0 aliphatic rings. The maximum absolute atomic E-state index is 12.6. The maximum atomic E-state index is 12.6. The lowest BCUT2D eigenvalue weighted by Gasteiger charge is -2.20. The Bertz CT molecular complexity index is 1110. The quantitative estimate of drug-likeness (QED) is 0.0420. The van der Waals surface area contributed by atoms with Crippen LogP contribution in [0.15, 0.2) is 12.2 Å². The molecule has 0 fully saturated rings. The van der Waals surface area contributed by atoms with Gasteiger partial charge in [-0.1, -0.05) is 424 Å². The van der Waals surface area contributed by atoms with Crippen molar-refractivity contribution in [3.05, 3.63) is 12.2 Å². The Labute approximate surface area is 492 Å². The fourth-order valence-electron chi connectivity index (χ4n) is 12.2. The van der Waals surface area contributed by atoms with Crippen LogP contribution in [0.25, 0.3) is 0 Å². The number of carbonyl (C=O) groups is 1. The molecule has 0 bridgehead atoms. The molecule has 0 aliphatic heterocycles. The van der Waals surface area contributed by atoms with Crippen LogP contribution < -0.4 is 5.32 Å². The number of hydrogen-bond acceptors (Lipinski definition) is 3. The SMILES string of the molecule is CCCCCCCCCCCCCCCCCCCCCCCCCCCCCC/C=C/C(O)C(CO)NC(=O)CCCCCCCCCCCCCCCCCCCCCCCCCCCCCCCCCCCCCC. The highest BCUT2D eigenvalue weighted by atomic mass is 16.3. The van der Waals surface area contributed by atoms with Crippen LogP contribution in [0.3, 0.4) is 0 Å². The monoisotopic (exact) mass is 1100 g/mol. The van der Waals surface area contributed by atoms with Crippen molar-refractivity contribution in [3.8, 4) is 0 Å². The van der Waals surface area contributed by atoms with Crippen molar-refractivity contribution >= 4 is 5.91 Å². The molecule has 78 heavy (non-hydrogen) atoms. The molecule has 0 rings (SSSR count). The molecule has 1 amide bonds. The average Bonchev–Trinajstić information content (AvgIpc) is 3.44. The van der Waals surface area contributed by atoms with Gasteiger partial charge in [0.25, 0.3) is 0 Å². The largest absolute Gasteiger partial charge is 0.394 e. The number of carbonyl (C=O) groups excluding carboxylic acids is 1. The summed E-state index contributed by atoms with van der Waals surface area (Å²) in [6.45, 7) is 4.37. The minimum absolute atomic E-state index is 0.0524. The number of hydrogen-bond donors (Lipinski definition) is 3. The second-order valence-corrected chi connectivity index (χ2v) is 25.7. The minimum atomic E-state index is -0.837. The zero-order valence-electron chi connectivity index (χ0n) is 54.0. The average molecular weight is 1100 g/mol. The van der Waals surface area contributed by atoms with Crippen LogP contribution in [-0.4, -0.2) is 34.9 Å². The smallest absolute Gasteiger partial charge is 0.220 e. The van der Waals surface area contributed by atoms with Crippen molar-refractivity contribution in [3.63, 3.8) is 0 Å². The fraction of sp³-hybridized carbons (Fsp3) is 0.959. The van der Waals surface area contributed by atoms with Crippen LogP contribution in [0.2, 0.25) is 0 Å². The first kappa shape index (κ1) is 77.1. The Kier molecular flexibility index (Phi) is 69.6. The highest BCUT2D eigenvalue weighted by Gasteiger charge is 2.18. The van der Waals surface area contributed by atoms with Crippen LogP contribution in [0.1, 0.15) is 438 Å². The van der Waals surface area contributed by atoms with Gasteiger partial charge in [-0.2, -0.15) is 0 Å². The third-order valence-electron chi connectivity index (χ3n) is 17.8. The normalized spacial score (nSPS) is 12.6. The summed E-state index contributed by atoms with van der Waals surface area (Å²) in [4.78, 5) is 12.6. The number of allylic oxidation sites excluding steroid dienone is 1. The Morgan fingerprint density at radius 2 is 0.474 bits per heavy atom. The van der Waals surface area contributed by atoms with E-state index in [1.165, 1.54) is 392 Å². The van der Waals surface area contributed by atoms with Crippen molar-refractivity contribution < 1.29 is 15.0 Å². The Morgan fingerprint density at radius 1 is 0.295 bits per heavy atom. The van der Waals surface area contributed by atoms with E-state index in [9.17, 15) is 15.0 Å². The van der Waals surface area contributed by atoms with Gasteiger partial charge in [0.15, 0.2) is 0 Å². The summed E-state index contributed by atoms with van der Waals surface area (Å²) in [6, 6.07) is -0.620. The molecule has 2 unspecified atom stereocenters. The summed E-state index contributed by atoms with van der Waals surface area (Å²) in [7, 11) is 0. The van der Waals surface area contributed by atoms with E-state index in [4.69, 9.17) is 0 Å². The fourth-order valence-corrected chi connectivity index (χ4v) is 12.2. The summed E-state index contributed by atoms with van der Waals surface area (Å²) in [6.07, 6.45) is 94.8. The predicted molar refractivity (Wildman–Crippen MR) is 350 cm³/mol. The van der Waals surface area contributed by atoms with Crippen molar-refractivity contribution in [2.45, 2.75) is 450 Å². The minimum Gasteiger partial charge on any atom is -0.394 e. The number of aliphatic hydroxyl groups excluding tert-OH is 2. The number of nitrogens with one attached hydrogen (secondary N) is 1. The van der Waals surface area contributed by atoms with E-state index in [0.29, 0.717) is 6.42 Å². The molecule has 0 aromatic rings. The van der Waals surface area contributed by atoms with E-state index in [1.807, 2.05) is 6.08 Å². The molecule has 4 nitrogen and oxygen atoms in total. The predicted octanol–water partition coefficient (Wildman–Crippen LogP) is 25.2. The second kappa shape index (κ2) is 70.4. The first-order chi connectivity index (χ1) is 38.7. The van der Waals surface area contributed by atoms with Gasteiger partial charge in [-0.15, -0.1) is 0 Å². The third-order valence-corrected chi connectivity index (χ3v) is 17.8. The van der Waals surface area contributed by atoms with Gasteiger partial charge in [0.1, 0.15) is 0 Å². The molecular formula is C74H147NO3. The highest BCUT2D eigenvalue weighted by Crippen LogP contribution is 2.20. The maximum Gasteiger partial charge on any atom is 0.220 e. The zero-order valence-corrected chi connectivity index (χ0v) is 54.0. The van der Waals surface area contributed by atoms with Crippen LogP contribution in [0, 0.1) is 0 Å². The van der Waals surface area contributed by atoms with Gasteiger partial charge in [-0.25, -0.2) is 0 Å². The molecule has 4 heteroatoms. The van der Waals surface area contributed by atoms with Crippen molar-refractivity contribution in [1.82, 2.24) is 5.32 Å². The highest BCUT2D eigenvalue weighted by molar-refractivity contribution is 5.76. The van der Waals surface area contributed by atoms with Gasteiger partial charge in [-0.05, 0) is 19.3 Å². The van der Waals surface area contributed by atoms with Gasteiger partial charge in [-0.3, -0.25) is 4.79 Å². The van der Waals surface area contributed by atoms with Crippen LogP contribution >= 0.6 is 0 Å². The van der Waals surface area contributed by atoms with Crippen LogP contribution in [0.4, 0.5) is 0 Å². The van der Waals surface area contributed by atoms with E-state index >= 15 is 0 Å². The molecule has 0 saturated heterocycles. The molecule has 0 saturated carbocycles. The lowest BCUT2D eigenvalue weighted by molar-refractivity contribution is -0.123. The molecule has 0 aromatic heterocycles. The Hall–Kier alpha value is -0.870. The lowest BCUT2D eigenvalue weighted by atomic mass is 10.0. The number of unbranched alkanes of at least 4 members (excludes halogenated alkanes) is 63. The first-order valence-electron chi connectivity index (χ1n) is 36.9. The van der Waals surface area contributed by atoms with Crippen molar-refractivity contribution in [2.24, 2.45) is 0 Å². The Balaban J connectivity index is 3.37. The molecule has 0 radical (unpaired) electrons. The van der Waals surface area contributed by atoms with E-state index in [0.717, 1.165) is 25.7 Å². The summed E-state index contributed by atoms with van der Waals surface area (Å²) in [5.41, 5.74) is 0. The third kappa shape index (κ3) is 65.9. The summed E-state index contributed by atoms with van der Waals surface area (Å²) < 4.78 is 0. The Morgan fingerprint density at radius 3 is 0.667 bits per heavy atom. The summed E-state index contributed by atoms with van der Waals surface area (Å²) >= 11 is 0. The van der Waals surface area contributed by atoms with Crippen molar-refractivity contribution in [2.75, 3.05) is 6.61 Å². The van der Waals surface area contributed by atoms with E-state index in [-0.39, 0.29) is 12.5 Å². The molecule has 0 aromatic carbocycles. The number of rotatable bonds is 70. The summed E-state index contributed by atoms with van der Waals surface area (Å²) in [5.74, 6) is -0.0524. The number of aliphatic hydroxyl groups is 2. The van der Waals surface area contributed by atoms with Crippen molar-refractivity contribution in [1.29, 1.82) is 0 Å². The zero-order chi connectivity index (χ0) is 56.2. The van der Waals surface area contributed by atoms with Gasteiger partial charge in [0.2, 0.25) is 5.91 Å². The molecule has 0 spiro atoms. The number of amides is 1. The van der Waals surface area contributed by atoms with Gasteiger partial charge in [0.05, 0.1) is 18.8 Å². The van der Waals surface area contributed by atoms with Gasteiger partial charge < -0.3 is 15.5 Å². The van der Waals surface area contributed by atoms with Crippen LogP contribution in [-0.2, 0) is 4.79 Å². The van der Waals surface area contributed by atoms with Crippen LogP contribution in [0.5, 0.6) is 0 Å². The first-order valence-corrected chi connectivity index (χ1v) is 36.9. The molecule has 466 valence electrons. The molecule has 0 aliphatic carbocycles. The second-order valence-electron chi connectivity index (χ2n) is 25.7. The molecule has 2 atom stereocenters. The van der Waals surface area contributed by atoms with E-state index < -0.39 is 12.1 Å². The van der Waals surface area contributed by atoms with Gasteiger partial charge in [0, 0.05) is 6.42 Å². The topological polar surface area (TPSA) is 69.6 Å². The molecule has 0 heterocycles. The van der Waals surface area contributed by atoms with Gasteiger partial charge >= 0.3 is 0 Å². The van der Waals surface area contributed by atoms with E-state index in [1.54, 1.807) is 6.08 Å². The lowest BCUT2D eigenvalue weighted by Crippen LogP contribution is -2.45.